The van der Waals surface area contributed by atoms with Crippen molar-refractivity contribution in [2.45, 2.75) is 19.3 Å². The van der Waals surface area contributed by atoms with Crippen molar-refractivity contribution < 1.29 is 9.59 Å². The molecule has 1 aromatic carbocycles. The second-order valence-electron chi connectivity index (χ2n) is 4.14. The number of imide groups is 1. The first-order valence-electron chi connectivity index (χ1n) is 5.88. The fourth-order valence-corrected chi connectivity index (χ4v) is 2.04. The largest absolute Gasteiger partial charge is 0.336 e. The molecule has 0 spiro atoms. The van der Waals surface area contributed by atoms with Crippen LogP contribution in [-0.2, 0) is 4.79 Å². The van der Waals surface area contributed by atoms with Gasteiger partial charge in [-0.25, -0.2) is 4.79 Å². The summed E-state index contributed by atoms with van der Waals surface area (Å²) in [6.45, 7) is 2.82. The molecule has 1 N–H and O–H groups in total. The monoisotopic (exact) mass is 232 g/mol. The smallest absolute Gasteiger partial charge is 0.324 e. The average Bonchev–Trinajstić information content (AvgIpc) is 2.36. The maximum Gasteiger partial charge on any atom is 0.324 e. The molecule has 4 heteroatoms. The highest BCUT2D eigenvalue weighted by atomic mass is 16.2. The minimum absolute atomic E-state index is 0.0956. The van der Waals surface area contributed by atoms with Gasteiger partial charge < -0.3 is 5.32 Å². The van der Waals surface area contributed by atoms with Crippen LogP contribution in [0.1, 0.15) is 24.8 Å². The van der Waals surface area contributed by atoms with Crippen LogP contribution in [0.2, 0.25) is 0 Å². The third kappa shape index (κ3) is 2.30. The topological polar surface area (TPSA) is 49.4 Å². The van der Waals surface area contributed by atoms with Crippen LogP contribution in [0.4, 0.5) is 4.79 Å². The van der Waals surface area contributed by atoms with E-state index in [1.807, 2.05) is 37.3 Å². The molecule has 0 saturated carbocycles. The lowest BCUT2D eigenvalue weighted by atomic mass is 9.96. The van der Waals surface area contributed by atoms with E-state index >= 15 is 0 Å². The Morgan fingerprint density at radius 3 is 2.65 bits per heavy atom. The lowest BCUT2D eigenvalue weighted by Gasteiger charge is -2.31. The lowest BCUT2D eigenvalue weighted by molar-refractivity contribution is -0.131. The SMILES string of the molecule is CCCN1C(=O)NCC(c2ccccc2)C1=O. The third-order valence-electron chi connectivity index (χ3n) is 2.92. The van der Waals surface area contributed by atoms with E-state index in [2.05, 4.69) is 5.32 Å². The lowest BCUT2D eigenvalue weighted by Crippen LogP contribution is -2.53. The van der Waals surface area contributed by atoms with Gasteiger partial charge in [0, 0.05) is 13.1 Å². The fraction of sp³-hybridized carbons (Fsp3) is 0.385. The van der Waals surface area contributed by atoms with E-state index in [1.165, 1.54) is 4.90 Å². The van der Waals surface area contributed by atoms with Gasteiger partial charge in [0.1, 0.15) is 0 Å². The molecule has 1 saturated heterocycles. The van der Waals surface area contributed by atoms with Crippen molar-refractivity contribution in [3.05, 3.63) is 35.9 Å². The molecule has 0 aromatic heterocycles. The maximum atomic E-state index is 12.2. The molecule has 0 radical (unpaired) electrons. The number of amides is 3. The zero-order chi connectivity index (χ0) is 12.3. The Bertz CT molecular complexity index is 417. The van der Waals surface area contributed by atoms with Gasteiger partial charge in [0.25, 0.3) is 0 Å². The highest BCUT2D eigenvalue weighted by Gasteiger charge is 2.34. The first-order chi connectivity index (χ1) is 8.24. The van der Waals surface area contributed by atoms with Crippen molar-refractivity contribution in [1.29, 1.82) is 0 Å². The number of nitrogens with zero attached hydrogens (tertiary/aromatic N) is 1. The number of carbonyl (C=O) groups is 2. The van der Waals surface area contributed by atoms with Crippen LogP contribution in [0.15, 0.2) is 30.3 Å². The minimum atomic E-state index is -0.274. The number of carbonyl (C=O) groups excluding carboxylic acids is 2. The van der Waals surface area contributed by atoms with E-state index in [-0.39, 0.29) is 17.9 Å². The fourth-order valence-electron chi connectivity index (χ4n) is 2.04. The Balaban J connectivity index is 2.20. The van der Waals surface area contributed by atoms with Crippen molar-refractivity contribution in [3.63, 3.8) is 0 Å². The molecule has 1 aromatic rings. The molecular formula is C13H16N2O2. The van der Waals surface area contributed by atoms with Gasteiger partial charge in [0.15, 0.2) is 0 Å². The van der Waals surface area contributed by atoms with Crippen molar-refractivity contribution in [2.24, 2.45) is 0 Å². The number of hydrogen-bond donors (Lipinski definition) is 1. The molecule has 17 heavy (non-hydrogen) atoms. The van der Waals surface area contributed by atoms with Crippen LogP contribution < -0.4 is 5.32 Å². The maximum absolute atomic E-state index is 12.2. The van der Waals surface area contributed by atoms with Gasteiger partial charge in [0.05, 0.1) is 5.92 Å². The van der Waals surface area contributed by atoms with Gasteiger partial charge in [-0.15, -0.1) is 0 Å². The number of rotatable bonds is 3. The standard InChI is InChI=1S/C13H16N2O2/c1-2-8-15-12(16)11(9-14-13(15)17)10-6-4-3-5-7-10/h3-7,11H,2,8-9H2,1H3,(H,14,17). The van der Waals surface area contributed by atoms with E-state index in [4.69, 9.17) is 0 Å². The molecule has 1 unspecified atom stereocenters. The Morgan fingerprint density at radius 2 is 2.00 bits per heavy atom. The number of hydrogen-bond acceptors (Lipinski definition) is 2. The van der Waals surface area contributed by atoms with Gasteiger partial charge >= 0.3 is 6.03 Å². The first-order valence-corrected chi connectivity index (χ1v) is 5.88. The molecule has 4 nitrogen and oxygen atoms in total. The number of urea groups is 1. The Morgan fingerprint density at radius 1 is 1.29 bits per heavy atom. The van der Waals surface area contributed by atoms with Crippen molar-refractivity contribution in [1.82, 2.24) is 10.2 Å². The molecular weight excluding hydrogens is 216 g/mol. The summed E-state index contributed by atoms with van der Waals surface area (Å²) in [6.07, 6.45) is 0.778. The van der Waals surface area contributed by atoms with Gasteiger partial charge in [-0.1, -0.05) is 37.3 Å². The Hall–Kier alpha value is -1.84. The molecule has 1 aliphatic rings. The zero-order valence-electron chi connectivity index (χ0n) is 9.85. The van der Waals surface area contributed by atoms with E-state index in [1.54, 1.807) is 0 Å². The molecule has 1 aliphatic heterocycles. The second kappa shape index (κ2) is 4.99. The van der Waals surface area contributed by atoms with Crippen LogP contribution in [0.25, 0.3) is 0 Å². The highest BCUT2D eigenvalue weighted by Crippen LogP contribution is 2.21. The summed E-state index contributed by atoms with van der Waals surface area (Å²) in [7, 11) is 0. The number of benzene rings is 1. The van der Waals surface area contributed by atoms with E-state index in [0.717, 1.165) is 12.0 Å². The van der Waals surface area contributed by atoms with E-state index in [0.29, 0.717) is 13.1 Å². The zero-order valence-corrected chi connectivity index (χ0v) is 9.85. The predicted molar refractivity (Wildman–Crippen MR) is 64.6 cm³/mol. The van der Waals surface area contributed by atoms with E-state index in [9.17, 15) is 9.59 Å². The predicted octanol–water partition coefficient (Wildman–Crippen LogP) is 1.73. The quantitative estimate of drug-likeness (QED) is 0.862. The summed E-state index contributed by atoms with van der Waals surface area (Å²) >= 11 is 0. The molecule has 0 aliphatic carbocycles. The summed E-state index contributed by atoms with van der Waals surface area (Å²) in [4.78, 5) is 25.1. The van der Waals surface area contributed by atoms with Crippen molar-refractivity contribution >= 4 is 11.9 Å². The van der Waals surface area contributed by atoms with Crippen molar-refractivity contribution in [2.75, 3.05) is 13.1 Å². The van der Waals surface area contributed by atoms with Crippen LogP contribution in [0.3, 0.4) is 0 Å². The van der Waals surface area contributed by atoms with Crippen LogP contribution in [0, 0.1) is 0 Å². The summed E-state index contributed by atoms with van der Waals surface area (Å²) in [5.74, 6) is -0.345. The summed E-state index contributed by atoms with van der Waals surface area (Å²) in [5.41, 5.74) is 0.957. The third-order valence-corrected chi connectivity index (χ3v) is 2.92. The number of nitrogens with one attached hydrogen (secondary N) is 1. The molecule has 2 rings (SSSR count). The van der Waals surface area contributed by atoms with Crippen LogP contribution in [0.5, 0.6) is 0 Å². The van der Waals surface area contributed by atoms with Crippen molar-refractivity contribution in [3.8, 4) is 0 Å². The summed E-state index contributed by atoms with van der Waals surface area (Å²) < 4.78 is 0. The Labute approximate surface area is 101 Å². The van der Waals surface area contributed by atoms with Crippen LogP contribution in [-0.4, -0.2) is 29.9 Å². The van der Waals surface area contributed by atoms with E-state index < -0.39 is 0 Å². The molecule has 90 valence electrons. The normalized spacial score (nSPS) is 20.3. The molecule has 3 amide bonds. The van der Waals surface area contributed by atoms with Gasteiger partial charge in [0.2, 0.25) is 5.91 Å². The van der Waals surface area contributed by atoms with Gasteiger partial charge in [-0.2, -0.15) is 0 Å². The average molecular weight is 232 g/mol. The summed E-state index contributed by atoms with van der Waals surface area (Å²) in [6, 6.07) is 9.30. The molecule has 1 atom stereocenters. The first kappa shape index (κ1) is 11.6. The minimum Gasteiger partial charge on any atom is -0.336 e. The molecule has 1 heterocycles. The van der Waals surface area contributed by atoms with Gasteiger partial charge in [-0.3, -0.25) is 9.69 Å². The highest BCUT2D eigenvalue weighted by molar-refractivity contribution is 6.00. The second-order valence-corrected chi connectivity index (χ2v) is 4.14. The van der Waals surface area contributed by atoms with Gasteiger partial charge in [-0.05, 0) is 12.0 Å². The molecule has 0 bridgehead atoms. The Kier molecular flexibility index (Phi) is 3.42. The molecule has 1 fully saturated rings. The van der Waals surface area contributed by atoms with Crippen LogP contribution >= 0.6 is 0 Å². The summed E-state index contributed by atoms with van der Waals surface area (Å²) in [5, 5.41) is 2.76.